The average Bonchev–Trinajstić information content (AvgIpc) is 2.55. The van der Waals surface area contributed by atoms with Gasteiger partial charge in [0.1, 0.15) is 0 Å². The van der Waals surface area contributed by atoms with Crippen LogP contribution in [-0.2, 0) is 6.42 Å². The van der Waals surface area contributed by atoms with Gasteiger partial charge in [0.05, 0.1) is 5.66 Å². The topological polar surface area (TPSA) is 52.0 Å². The second-order valence-electron chi connectivity index (χ2n) is 4.46. The van der Waals surface area contributed by atoms with Gasteiger partial charge in [-0.05, 0) is 34.8 Å². The Balaban J connectivity index is 2.10. The van der Waals surface area contributed by atoms with E-state index < -0.39 is 5.66 Å². The zero-order chi connectivity index (χ0) is 10.5. The van der Waals surface area contributed by atoms with Gasteiger partial charge in [-0.25, -0.2) is 0 Å². The molecule has 3 rings (SSSR count). The Hall–Kier alpha value is -1.38. The van der Waals surface area contributed by atoms with E-state index in [-0.39, 0.29) is 0 Å². The molecule has 0 aromatic heterocycles. The molecule has 2 heteroatoms. The lowest BCUT2D eigenvalue weighted by atomic mass is 9.90. The summed E-state index contributed by atoms with van der Waals surface area (Å²) in [7, 11) is 0. The molecule has 0 unspecified atom stereocenters. The summed E-state index contributed by atoms with van der Waals surface area (Å²) in [6, 6.07) is 8.49. The lowest BCUT2D eigenvalue weighted by Gasteiger charge is -2.25. The van der Waals surface area contributed by atoms with E-state index in [4.69, 9.17) is 11.5 Å². The summed E-state index contributed by atoms with van der Waals surface area (Å²) in [5, 5.41) is 0. The number of hydrogen-bond donors (Lipinski definition) is 2. The standard InChI is InChI=1S/C13H14N2/c14-13(15)6-5-10-7-9-3-1-2-4-11(9)12(10)8-13/h1-6H,7-8,14-15H2. The maximum absolute atomic E-state index is 5.95. The third kappa shape index (κ3) is 1.34. The van der Waals surface area contributed by atoms with Crippen LogP contribution in [0.2, 0.25) is 0 Å². The second-order valence-corrected chi connectivity index (χ2v) is 4.46. The monoisotopic (exact) mass is 198 g/mol. The Morgan fingerprint density at radius 1 is 1.13 bits per heavy atom. The van der Waals surface area contributed by atoms with Crippen molar-refractivity contribution in [2.75, 3.05) is 0 Å². The minimum absolute atomic E-state index is 0.670. The van der Waals surface area contributed by atoms with Crippen molar-refractivity contribution in [2.24, 2.45) is 11.5 Å². The van der Waals surface area contributed by atoms with Crippen molar-refractivity contribution in [3.63, 3.8) is 0 Å². The predicted octanol–water partition coefficient (Wildman–Crippen LogP) is 1.57. The van der Waals surface area contributed by atoms with Gasteiger partial charge in [0.15, 0.2) is 0 Å². The SMILES string of the molecule is NC1(N)C=CC2=C(C1)c1ccccc1C2. The summed E-state index contributed by atoms with van der Waals surface area (Å²) in [5.74, 6) is 0. The molecule has 0 radical (unpaired) electrons. The van der Waals surface area contributed by atoms with Gasteiger partial charge >= 0.3 is 0 Å². The predicted molar refractivity (Wildman–Crippen MR) is 61.9 cm³/mol. The number of allylic oxidation sites excluding steroid dienone is 2. The number of benzene rings is 1. The number of hydrogen-bond acceptors (Lipinski definition) is 2. The second kappa shape index (κ2) is 2.81. The summed E-state index contributed by atoms with van der Waals surface area (Å²) in [4.78, 5) is 0. The van der Waals surface area contributed by atoms with Gasteiger partial charge in [-0.1, -0.05) is 30.3 Å². The molecule has 0 saturated carbocycles. The molecule has 0 amide bonds. The van der Waals surface area contributed by atoms with Gasteiger partial charge in [-0.15, -0.1) is 0 Å². The highest BCUT2D eigenvalue weighted by Gasteiger charge is 2.28. The molecule has 0 spiro atoms. The van der Waals surface area contributed by atoms with Gasteiger partial charge in [0.25, 0.3) is 0 Å². The summed E-state index contributed by atoms with van der Waals surface area (Å²) in [5.41, 5.74) is 16.7. The fraction of sp³-hybridized carbons (Fsp3) is 0.231. The van der Waals surface area contributed by atoms with Crippen molar-refractivity contribution in [3.8, 4) is 0 Å². The van der Waals surface area contributed by atoms with Gasteiger partial charge in [-0.2, -0.15) is 0 Å². The zero-order valence-corrected chi connectivity index (χ0v) is 8.53. The van der Waals surface area contributed by atoms with Crippen LogP contribution in [0.25, 0.3) is 5.57 Å². The van der Waals surface area contributed by atoms with E-state index in [1.165, 1.54) is 22.3 Å². The lowest BCUT2D eigenvalue weighted by molar-refractivity contribution is 0.564. The van der Waals surface area contributed by atoms with Crippen LogP contribution in [0.3, 0.4) is 0 Å². The number of fused-ring (bicyclic) bond motifs is 2. The molecule has 0 bridgehead atoms. The molecule has 1 aromatic carbocycles. The van der Waals surface area contributed by atoms with Gasteiger partial charge in [0, 0.05) is 6.42 Å². The molecule has 15 heavy (non-hydrogen) atoms. The molecule has 0 fully saturated rings. The first-order valence-corrected chi connectivity index (χ1v) is 5.23. The molecule has 4 N–H and O–H groups in total. The van der Waals surface area contributed by atoms with E-state index in [9.17, 15) is 0 Å². The van der Waals surface area contributed by atoms with E-state index in [1.54, 1.807) is 0 Å². The highest BCUT2D eigenvalue weighted by Crippen LogP contribution is 2.39. The van der Waals surface area contributed by atoms with Gasteiger partial charge in [-0.3, -0.25) is 0 Å². The summed E-state index contributed by atoms with van der Waals surface area (Å²) >= 11 is 0. The molecule has 2 nitrogen and oxygen atoms in total. The van der Waals surface area contributed by atoms with Crippen LogP contribution in [-0.4, -0.2) is 5.66 Å². The summed E-state index contributed by atoms with van der Waals surface area (Å²) < 4.78 is 0. The molecule has 0 heterocycles. The molecule has 0 saturated heterocycles. The van der Waals surface area contributed by atoms with E-state index in [2.05, 4.69) is 30.3 Å². The van der Waals surface area contributed by atoms with Crippen LogP contribution in [0.5, 0.6) is 0 Å². The van der Waals surface area contributed by atoms with Crippen molar-refractivity contribution in [1.29, 1.82) is 0 Å². The fourth-order valence-electron chi connectivity index (χ4n) is 2.44. The Bertz CT molecular complexity index is 481. The average molecular weight is 198 g/mol. The minimum Gasteiger partial charge on any atom is -0.310 e. The molecule has 2 aliphatic rings. The van der Waals surface area contributed by atoms with Crippen molar-refractivity contribution in [1.82, 2.24) is 0 Å². The van der Waals surface area contributed by atoms with Gasteiger partial charge < -0.3 is 11.5 Å². The van der Waals surface area contributed by atoms with E-state index >= 15 is 0 Å². The third-order valence-electron chi connectivity index (χ3n) is 3.19. The molecule has 0 aliphatic heterocycles. The highest BCUT2D eigenvalue weighted by atomic mass is 14.9. The Kier molecular flexibility index (Phi) is 1.67. The van der Waals surface area contributed by atoms with Crippen molar-refractivity contribution < 1.29 is 0 Å². The van der Waals surface area contributed by atoms with Gasteiger partial charge in [0.2, 0.25) is 0 Å². The van der Waals surface area contributed by atoms with Crippen LogP contribution >= 0.6 is 0 Å². The first-order valence-electron chi connectivity index (χ1n) is 5.23. The van der Waals surface area contributed by atoms with E-state index in [0.717, 1.165) is 12.8 Å². The maximum Gasteiger partial charge on any atom is 0.0873 e. The summed E-state index contributed by atoms with van der Waals surface area (Å²) in [6.07, 6.45) is 5.77. The Morgan fingerprint density at radius 2 is 1.93 bits per heavy atom. The Labute approximate surface area is 89.3 Å². The maximum atomic E-state index is 5.95. The molecule has 2 aliphatic carbocycles. The largest absolute Gasteiger partial charge is 0.310 e. The molecular formula is C13H14N2. The molecule has 76 valence electrons. The van der Waals surface area contributed by atoms with Crippen LogP contribution in [0.4, 0.5) is 0 Å². The lowest BCUT2D eigenvalue weighted by Crippen LogP contribution is -2.48. The molecule has 0 atom stereocenters. The fourth-order valence-corrected chi connectivity index (χ4v) is 2.44. The van der Waals surface area contributed by atoms with E-state index in [1.807, 2.05) is 6.08 Å². The zero-order valence-electron chi connectivity index (χ0n) is 8.53. The highest BCUT2D eigenvalue weighted by molar-refractivity contribution is 5.80. The van der Waals surface area contributed by atoms with Crippen molar-refractivity contribution in [2.45, 2.75) is 18.5 Å². The molecule has 1 aromatic rings. The van der Waals surface area contributed by atoms with Crippen LogP contribution < -0.4 is 11.5 Å². The van der Waals surface area contributed by atoms with Crippen molar-refractivity contribution >= 4 is 5.57 Å². The van der Waals surface area contributed by atoms with Crippen LogP contribution in [0.15, 0.2) is 42.0 Å². The van der Waals surface area contributed by atoms with Crippen LogP contribution in [0, 0.1) is 0 Å². The quantitative estimate of drug-likeness (QED) is 0.622. The van der Waals surface area contributed by atoms with Crippen molar-refractivity contribution in [3.05, 3.63) is 53.1 Å². The van der Waals surface area contributed by atoms with E-state index in [0.29, 0.717) is 0 Å². The first-order chi connectivity index (χ1) is 7.16. The summed E-state index contributed by atoms with van der Waals surface area (Å²) in [6.45, 7) is 0. The first kappa shape index (κ1) is 8.89. The number of nitrogens with two attached hydrogens (primary N) is 2. The Morgan fingerprint density at radius 3 is 2.80 bits per heavy atom. The normalized spacial score (nSPS) is 21.5. The molecular weight excluding hydrogens is 184 g/mol. The minimum atomic E-state index is -0.670. The smallest absolute Gasteiger partial charge is 0.0873 e. The number of rotatable bonds is 0. The van der Waals surface area contributed by atoms with Crippen LogP contribution in [0.1, 0.15) is 17.5 Å². The third-order valence-corrected chi connectivity index (χ3v) is 3.19.